The van der Waals surface area contributed by atoms with Crippen LogP contribution in [0.3, 0.4) is 0 Å². The van der Waals surface area contributed by atoms with Crippen molar-refractivity contribution < 1.29 is 23.7 Å². The van der Waals surface area contributed by atoms with Crippen LogP contribution in [-0.4, -0.2) is 34.4 Å². The number of methoxy groups -OCH3 is 4. The van der Waals surface area contributed by atoms with Gasteiger partial charge in [0.15, 0.2) is 17.6 Å². The Kier molecular flexibility index (Phi) is 4.78. The molecular formula is C12H16O5. The second-order valence-electron chi connectivity index (χ2n) is 3.25. The molecule has 94 valence electrons. The molecule has 0 bridgehead atoms. The monoisotopic (exact) mass is 240 g/mol. The third kappa shape index (κ3) is 2.88. The summed E-state index contributed by atoms with van der Waals surface area (Å²) in [6.07, 6.45) is -0.764. The van der Waals surface area contributed by atoms with Crippen LogP contribution in [0.1, 0.15) is 11.7 Å². The molecule has 0 N–H and O–H groups in total. The van der Waals surface area contributed by atoms with Gasteiger partial charge in [-0.15, -0.1) is 0 Å². The van der Waals surface area contributed by atoms with Crippen LogP contribution in [0, 0.1) is 0 Å². The van der Waals surface area contributed by atoms with Gasteiger partial charge in [0.25, 0.3) is 0 Å². The van der Waals surface area contributed by atoms with Gasteiger partial charge in [0, 0.05) is 7.11 Å². The standard InChI is InChI=1S/C12H16O5/c1-14-9-6-5-8(7-10(9)15-2)11(16-3)12(13)17-4/h5-7,11H,1-4H3. The van der Waals surface area contributed by atoms with Crippen molar-refractivity contribution in [2.45, 2.75) is 6.10 Å². The van der Waals surface area contributed by atoms with Crippen LogP contribution in [-0.2, 0) is 14.3 Å². The van der Waals surface area contributed by atoms with Gasteiger partial charge in [0.05, 0.1) is 21.3 Å². The molecule has 0 saturated heterocycles. The maximum atomic E-state index is 11.5. The largest absolute Gasteiger partial charge is 0.493 e. The molecule has 0 aliphatic carbocycles. The fourth-order valence-corrected chi connectivity index (χ4v) is 1.49. The zero-order chi connectivity index (χ0) is 12.8. The lowest BCUT2D eigenvalue weighted by molar-refractivity contribution is -0.152. The summed E-state index contributed by atoms with van der Waals surface area (Å²) >= 11 is 0. The maximum absolute atomic E-state index is 11.5. The summed E-state index contributed by atoms with van der Waals surface area (Å²) in [7, 11) is 5.83. The number of esters is 1. The fourth-order valence-electron chi connectivity index (χ4n) is 1.49. The van der Waals surface area contributed by atoms with E-state index in [9.17, 15) is 4.79 Å². The molecule has 1 aromatic carbocycles. The van der Waals surface area contributed by atoms with Crippen LogP contribution >= 0.6 is 0 Å². The normalized spacial score (nSPS) is 11.8. The molecule has 5 heteroatoms. The Morgan fingerprint density at radius 3 is 2.18 bits per heavy atom. The van der Waals surface area contributed by atoms with Crippen LogP contribution in [0.25, 0.3) is 0 Å². The molecule has 1 atom stereocenters. The second kappa shape index (κ2) is 6.10. The lowest BCUT2D eigenvalue weighted by atomic mass is 10.1. The van der Waals surface area contributed by atoms with Crippen molar-refractivity contribution in [2.24, 2.45) is 0 Å². The Hall–Kier alpha value is -1.75. The number of carbonyl (C=O) groups excluding carboxylic acids is 1. The minimum atomic E-state index is -0.764. The summed E-state index contributed by atoms with van der Waals surface area (Å²) in [4.78, 5) is 11.5. The van der Waals surface area contributed by atoms with E-state index in [0.29, 0.717) is 17.1 Å². The van der Waals surface area contributed by atoms with Crippen LogP contribution in [0.2, 0.25) is 0 Å². The highest BCUT2D eigenvalue weighted by Gasteiger charge is 2.22. The topological polar surface area (TPSA) is 54.0 Å². The van der Waals surface area contributed by atoms with Crippen LogP contribution in [0.5, 0.6) is 11.5 Å². The van der Waals surface area contributed by atoms with Crippen molar-refractivity contribution in [3.05, 3.63) is 23.8 Å². The van der Waals surface area contributed by atoms with E-state index in [0.717, 1.165) is 0 Å². The molecule has 0 heterocycles. The Bertz CT molecular complexity index is 388. The zero-order valence-electron chi connectivity index (χ0n) is 10.4. The molecule has 0 aromatic heterocycles. The summed E-state index contributed by atoms with van der Waals surface area (Å²) in [5.41, 5.74) is 0.650. The van der Waals surface area contributed by atoms with E-state index in [2.05, 4.69) is 4.74 Å². The molecule has 0 aliphatic heterocycles. The number of hydrogen-bond donors (Lipinski definition) is 0. The van der Waals surface area contributed by atoms with Crippen molar-refractivity contribution >= 4 is 5.97 Å². The Morgan fingerprint density at radius 1 is 1.06 bits per heavy atom. The first kappa shape index (κ1) is 13.3. The van der Waals surface area contributed by atoms with Crippen molar-refractivity contribution in [2.75, 3.05) is 28.4 Å². The van der Waals surface area contributed by atoms with Gasteiger partial charge >= 0.3 is 5.97 Å². The van der Waals surface area contributed by atoms with E-state index < -0.39 is 12.1 Å². The summed E-state index contributed by atoms with van der Waals surface area (Å²) in [6.45, 7) is 0. The molecule has 0 spiro atoms. The Labute approximate surface area is 100 Å². The van der Waals surface area contributed by atoms with Gasteiger partial charge in [0.2, 0.25) is 0 Å². The Morgan fingerprint density at radius 2 is 1.71 bits per heavy atom. The second-order valence-corrected chi connectivity index (χ2v) is 3.25. The number of ether oxygens (including phenoxy) is 4. The first-order valence-electron chi connectivity index (χ1n) is 5.00. The Balaban J connectivity index is 3.09. The molecule has 0 aliphatic rings. The highest BCUT2D eigenvalue weighted by molar-refractivity contribution is 5.76. The minimum Gasteiger partial charge on any atom is -0.493 e. The van der Waals surface area contributed by atoms with Crippen molar-refractivity contribution in [1.29, 1.82) is 0 Å². The van der Waals surface area contributed by atoms with Gasteiger partial charge in [-0.1, -0.05) is 6.07 Å². The van der Waals surface area contributed by atoms with E-state index in [1.54, 1.807) is 25.3 Å². The highest BCUT2D eigenvalue weighted by Crippen LogP contribution is 2.31. The highest BCUT2D eigenvalue weighted by atomic mass is 16.6. The van der Waals surface area contributed by atoms with E-state index >= 15 is 0 Å². The van der Waals surface area contributed by atoms with Crippen LogP contribution in [0.15, 0.2) is 18.2 Å². The summed E-state index contributed by atoms with van der Waals surface area (Å²) in [6, 6.07) is 5.12. The predicted molar refractivity (Wildman–Crippen MR) is 61.3 cm³/mol. The quantitative estimate of drug-likeness (QED) is 0.731. The minimum absolute atomic E-state index is 0.459. The zero-order valence-corrected chi connectivity index (χ0v) is 10.4. The van der Waals surface area contributed by atoms with Crippen LogP contribution < -0.4 is 9.47 Å². The molecule has 0 fully saturated rings. The van der Waals surface area contributed by atoms with Gasteiger partial charge in [0.1, 0.15) is 0 Å². The number of hydrogen-bond acceptors (Lipinski definition) is 5. The number of carbonyl (C=O) groups is 1. The molecule has 1 aromatic rings. The third-order valence-electron chi connectivity index (χ3n) is 2.36. The average Bonchev–Trinajstić information content (AvgIpc) is 2.38. The van der Waals surface area contributed by atoms with E-state index in [1.807, 2.05) is 0 Å². The predicted octanol–water partition coefficient (Wildman–Crippen LogP) is 1.56. The molecule has 0 amide bonds. The van der Waals surface area contributed by atoms with Gasteiger partial charge < -0.3 is 18.9 Å². The average molecular weight is 240 g/mol. The summed E-state index contributed by atoms with van der Waals surface area (Å²) in [5, 5.41) is 0. The molecule has 0 radical (unpaired) electrons. The maximum Gasteiger partial charge on any atom is 0.339 e. The van der Waals surface area contributed by atoms with E-state index in [-0.39, 0.29) is 0 Å². The van der Waals surface area contributed by atoms with Crippen molar-refractivity contribution in [3.8, 4) is 11.5 Å². The van der Waals surface area contributed by atoms with E-state index in [1.165, 1.54) is 21.3 Å². The third-order valence-corrected chi connectivity index (χ3v) is 2.36. The van der Waals surface area contributed by atoms with Crippen LogP contribution in [0.4, 0.5) is 0 Å². The van der Waals surface area contributed by atoms with Gasteiger partial charge in [-0.05, 0) is 17.7 Å². The first-order chi connectivity index (χ1) is 8.17. The summed E-state index contributed by atoms with van der Waals surface area (Å²) in [5.74, 6) is 0.673. The molecule has 0 saturated carbocycles. The molecule has 1 unspecified atom stereocenters. The molecular weight excluding hydrogens is 224 g/mol. The summed E-state index contributed by atoms with van der Waals surface area (Å²) < 4.78 is 20.0. The van der Waals surface area contributed by atoms with Gasteiger partial charge in [-0.2, -0.15) is 0 Å². The first-order valence-corrected chi connectivity index (χ1v) is 5.00. The SMILES string of the molecule is COC(=O)C(OC)c1ccc(OC)c(OC)c1. The van der Waals surface area contributed by atoms with Crippen molar-refractivity contribution in [1.82, 2.24) is 0 Å². The lowest BCUT2D eigenvalue weighted by Gasteiger charge is -2.15. The fraction of sp³-hybridized carbons (Fsp3) is 0.417. The molecule has 5 nitrogen and oxygen atoms in total. The van der Waals surface area contributed by atoms with E-state index in [4.69, 9.17) is 14.2 Å². The lowest BCUT2D eigenvalue weighted by Crippen LogP contribution is -2.16. The van der Waals surface area contributed by atoms with Gasteiger partial charge in [-0.25, -0.2) is 4.79 Å². The smallest absolute Gasteiger partial charge is 0.339 e. The number of benzene rings is 1. The van der Waals surface area contributed by atoms with Crippen molar-refractivity contribution in [3.63, 3.8) is 0 Å². The molecule has 1 rings (SSSR count). The number of rotatable bonds is 5. The van der Waals surface area contributed by atoms with Gasteiger partial charge in [-0.3, -0.25) is 0 Å². The molecule has 17 heavy (non-hydrogen) atoms.